The highest BCUT2D eigenvalue weighted by Crippen LogP contribution is 2.11. The smallest absolute Gasteiger partial charge is 0.309 e. The number of aromatic nitrogens is 2. The minimum atomic E-state index is -0.949. The van der Waals surface area contributed by atoms with Gasteiger partial charge in [0, 0.05) is 6.20 Å². The quantitative estimate of drug-likeness (QED) is 0.835. The molecule has 2 heterocycles. The van der Waals surface area contributed by atoms with Crippen LogP contribution < -0.4 is 5.32 Å². The van der Waals surface area contributed by atoms with E-state index in [-0.39, 0.29) is 12.3 Å². The number of anilines is 1. The van der Waals surface area contributed by atoms with Crippen LogP contribution in [-0.4, -0.2) is 27.0 Å². The number of carbonyl (C=O) groups is 2. The van der Waals surface area contributed by atoms with Gasteiger partial charge in [0.05, 0.1) is 29.6 Å². The molecule has 0 aliphatic heterocycles. The third kappa shape index (κ3) is 3.86. The van der Waals surface area contributed by atoms with Crippen LogP contribution in [-0.2, 0) is 11.2 Å². The summed E-state index contributed by atoms with van der Waals surface area (Å²) in [5.74, 6) is -1.26. The van der Waals surface area contributed by atoms with Crippen molar-refractivity contribution in [3.05, 3.63) is 52.5 Å². The number of hydrogen-bond donors (Lipinski definition) is 2. The molecule has 0 radical (unpaired) electrons. The van der Waals surface area contributed by atoms with Crippen LogP contribution in [0.3, 0.4) is 0 Å². The van der Waals surface area contributed by atoms with Crippen LogP contribution in [0, 0.1) is 0 Å². The van der Waals surface area contributed by atoms with Gasteiger partial charge in [0.25, 0.3) is 5.91 Å². The van der Waals surface area contributed by atoms with Gasteiger partial charge in [0.1, 0.15) is 4.60 Å². The minimum Gasteiger partial charge on any atom is -0.481 e. The molecule has 102 valence electrons. The summed E-state index contributed by atoms with van der Waals surface area (Å²) in [6, 6.07) is 6.47. The van der Waals surface area contributed by atoms with Gasteiger partial charge in [0.2, 0.25) is 0 Å². The molecule has 2 N–H and O–H groups in total. The standard InChI is InChI=1S/C13H10BrN3O3/c14-11-4-1-8(6-16-11)13(20)17-10-3-2-9(15-7-10)5-12(18)19/h1-4,6-7H,5H2,(H,17,20)(H,18,19). The van der Waals surface area contributed by atoms with Gasteiger partial charge in [-0.1, -0.05) is 0 Å². The Balaban J connectivity index is 2.04. The highest BCUT2D eigenvalue weighted by Gasteiger charge is 2.07. The van der Waals surface area contributed by atoms with Crippen LogP contribution in [0.2, 0.25) is 0 Å². The number of halogens is 1. The number of hydrogen-bond acceptors (Lipinski definition) is 4. The van der Waals surface area contributed by atoms with Crippen molar-refractivity contribution in [3.63, 3.8) is 0 Å². The number of pyridine rings is 2. The minimum absolute atomic E-state index is 0.148. The fraction of sp³-hybridized carbons (Fsp3) is 0.0769. The van der Waals surface area contributed by atoms with E-state index in [0.29, 0.717) is 21.5 Å². The third-order valence-electron chi connectivity index (χ3n) is 2.40. The molecule has 6 nitrogen and oxygen atoms in total. The van der Waals surface area contributed by atoms with E-state index in [1.54, 1.807) is 24.3 Å². The summed E-state index contributed by atoms with van der Waals surface area (Å²) in [6.45, 7) is 0. The van der Waals surface area contributed by atoms with Crippen LogP contribution in [0.25, 0.3) is 0 Å². The molecule has 20 heavy (non-hydrogen) atoms. The van der Waals surface area contributed by atoms with Crippen molar-refractivity contribution in [1.82, 2.24) is 9.97 Å². The number of carbonyl (C=O) groups excluding carboxylic acids is 1. The lowest BCUT2D eigenvalue weighted by molar-refractivity contribution is -0.136. The maximum absolute atomic E-state index is 11.9. The lowest BCUT2D eigenvalue weighted by Gasteiger charge is -2.05. The first-order chi connectivity index (χ1) is 9.54. The lowest BCUT2D eigenvalue weighted by atomic mass is 10.2. The molecule has 0 fully saturated rings. The van der Waals surface area contributed by atoms with Gasteiger partial charge < -0.3 is 10.4 Å². The van der Waals surface area contributed by atoms with Gasteiger partial charge in [-0.2, -0.15) is 0 Å². The Morgan fingerprint density at radius 2 is 1.95 bits per heavy atom. The lowest BCUT2D eigenvalue weighted by Crippen LogP contribution is -2.12. The number of carboxylic acids is 1. The Bertz CT molecular complexity index is 626. The Morgan fingerprint density at radius 1 is 1.15 bits per heavy atom. The van der Waals surface area contributed by atoms with E-state index >= 15 is 0 Å². The van der Waals surface area contributed by atoms with E-state index in [9.17, 15) is 9.59 Å². The number of carboxylic acid groups (broad SMARTS) is 1. The molecule has 0 saturated carbocycles. The van der Waals surface area contributed by atoms with Crippen LogP contribution in [0.5, 0.6) is 0 Å². The molecular formula is C13H10BrN3O3. The van der Waals surface area contributed by atoms with Crippen molar-refractivity contribution in [2.75, 3.05) is 5.32 Å². The predicted molar refractivity (Wildman–Crippen MR) is 75.5 cm³/mol. The maximum Gasteiger partial charge on any atom is 0.309 e. The van der Waals surface area contributed by atoms with Crippen molar-refractivity contribution in [1.29, 1.82) is 0 Å². The van der Waals surface area contributed by atoms with Crippen molar-refractivity contribution >= 4 is 33.5 Å². The molecule has 0 unspecified atom stereocenters. The van der Waals surface area contributed by atoms with Crippen LogP contribution >= 0.6 is 15.9 Å². The van der Waals surface area contributed by atoms with Crippen molar-refractivity contribution in [2.24, 2.45) is 0 Å². The van der Waals surface area contributed by atoms with Gasteiger partial charge in [-0.15, -0.1) is 0 Å². The highest BCUT2D eigenvalue weighted by atomic mass is 79.9. The van der Waals surface area contributed by atoms with Gasteiger partial charge in [-0.25, -0.2) is 4.98 Å². The molecule has 2 aromatic heterocycles. The zero-order chi connectivity index (χ0) is 14.5. The van der Waals surface area contributed by atoms with Crippen molar-refractivity contribution < 1.29 is 14.7 Å². The number of aliphatic carboxylic acids is 1. The van der Waals surface area contributed by atoms with E-state index in [2.05, 4.69) is 31.2 Å². The van der Waals surface area contributed by atoms with Gasteiger partial charge >= 0.3 is 5.97 Å². The maximum atomic E-state index is 11.9. The van der Waals surface area contributed by atoms with Gasteiger partial charge in [-0.05, 0) is 40.2 Å². The molecule has 0 aliphatic rings. The molecule has 2 aromatic rings. The number of nitrogens with one attached hydrogen (secondary N) is 1. The zero-order valence-electron chi connectivity index (χ0n) is 10.2. The Kier molecular flexibility index (Phi) is 4.41. The third-order valence-corrected chi connectivity index (χ3v) is 2.87. The fourth-order valence-electron chi connectivity index (χ4n) is 1.47. The Hall–Kier alpha value is -2.28. The second kappa shape index (κ2) is 6.25. The zero-order valence-corrected chi connectivity index (χ0v) is 11.8. The Labute approximate surface area is 123 Å². The molecule has 0 aliphatic carbocycles. The summed E-state index contributed by atoms with van der Waals surface area (Å²) in [5.41, 5.74) is 1.34. The molecule has 0 aromatic carbocycles. The fourth-order valence-corrected chi connectivity index (χ4v) is 1.71. The Morgan fingerprint density at radius 3 is 2.50 bits per heavy atom. The molecule has 0 spiro atoms. The summed E-state index contributed by atoms with van der Waals surface area (Å²) in [5, 5.41) is 11.3. The van der Waals surface area contributed by atoms with E-state index in [4.69, 9.17) is 5.11 Å². The summed E-state index contributed by atoms with van der Waals surface area (Å²) in [4.78, 5) is 30.3. The summed E-state index contributed by atoms with van der Waals surface area (Å²) < 4.78 is 0.647. The van der Waals surface area contributed by atoms with Crippen LogP contribution in [0.4, 0.5) is 5.69 Å². The van der Waals surface area contributed by atoms with E-state index in [1.165, 1.54) is 12.4 Å². The van der Waals surface area contributed by atoms with Gasteiger partial charge in [0.15, 0.2) is 0 Å². The van der Waals surface area contributed by atoms with Gasteiger partial charge in [-0.3, -0.25) is 14.6 Å². The first-order valence-electron chi connectivity index (χ1n) is 5.64. The topological polar surface area (TPSA) is 92.2 Å². The SMILES string of the molecule is O=C(O)Cc1ccc(NC(=O)c2ccc(Br)nc2)cn1. The highest BCUT2D eigenvalue weighted by molar-refractivity contribution is 9.10. The van der Waals surface area contributed by atoms with E-state index < -0.39 is 5.97 Å². The average molecular weight is 336 g/mol. The summed E-state index contributed by atoms with van der Waals surface area (Å²) in [7, 11) is 0. The molecule has 7 heteroatoms. The summed E-state index contributed by atoms with van der Waals surface area (Å²) >= 11 is 3.19. The number of nitrogens with zero attached hydrogens (tertiary/aromatic N) is 2. The second-order valence-electron chi connectivity index (χ2n) is 3.93. The predicted octanol–water partition coefficient (Wildman–Crippen LogP) is 2.12. The molecule has 2 rings (SSSR count). The van der Waals surface area contributed by atoms with Crippen LogP contribution in [0.1, 0.15) is 16.1 Å². The normalized spacial score (nSPS) is 10.1. The molecular weight excluding hydrogens is 326 g/mol. The first-order valence-corrected chi connectivity index (χ1v) is 6.43. The molecule has 0 saturated heterocycles. The largest absolute Gasteiger partial charge is 0.481 e. The average Bonchev–Trinajstić information content (AvgIpc) is 2.41. The van der Waals surface area contributed by atoms with E-state index in [1.807, 2.05) is 0 Å². The van der Waals surface area contributed by atoms with Crippen LogP contribution in [0.15, 0.2) is 41.3 Å². The monoisotopic (exact) mass is 335 g/mol. The molecule has 0 atom stereocenters. The molecule has 1 amide bonds. The molecule has 0 bridgehead atoms. The second-order valence-corrected chi connectivity index (χ2v) is 4.74. The summed E-state index contributed by atoms with van der Waals surface area (Å²) in [6.07, 6.45) is 2.72. The number of amides is 1. The van der Waals surface area contributed by atoms with Crippen molar-refractivity contribution in [2.45, 2.75) is 6.42 Å². The van der Waals surface area contributed by atoms with E-state index in [0.717, 1.165) is 0 Å². The van der Waals surface area contributed by atoms with Crippen molar-refractivity contribution in [3.8, 4) is 0 Å². The first kappa shape index (κ1) is 14.1. The number of rotatable bonds is 4.